The second kappa shape index (κ2) is 13.0. The summed E-state index contributed by atoms with van der Waals surface area (Å²) < 4.78 is 10.8. The van der Waals surface area contributed by atoms with Gasteiger partial charge in [-0.1, -0.05) is 71.1 Å². The first-order valence-electron chi connectivity index (χ1n) is 9.48. The molecule has 0 bridgehead atoms. The zero-order valence-electron chi connectivity index (χ0n) is 15.7. The fourth-order valence-corrected chi connectivity index (χ4v) is 2.69. The lowest BCUT2D eigenvalue weighted by molar-refractivity contribution is 0.0311. The van der Waals surface area contributed by atoms with E-state index < -0.39 is 0 Å². The molecule has 0 saturated carbocycles. The van der Waals surface area contributed by atoms with E-state index in [2.05, 4.69) is 13.8 Å². The van der Waals surface area contributed by atoms with Gasteiger partial charge < -0.3 is 9.47 Å². The Labute approximate surface area is 147 Å². The summed E-state index contributed by atoms with van der Waals surface area (Å²) in [4.78, 5) is 12.0. The third kappa shape index (κ3) is 9.07. The topological polar surface area (TPSA) is 35.5 Å². The van der Waals surface area contributed by atoms with E-state index in [1.54, 1.807) is 0 Å². The minimum atomic E-state index is -0.249. The highest BCUT2D eigenvalue weighted by Crippen LogP contribution is 2.11. The van der Waals surface area contributed by atoms with Crippen molar-refractivity contribution in [2.24, 2.45) is 5.92 Å². The third-order valence-corrected chi connectivity index (χ3v) is 4.15. The monoisotopic (exact) mass is 334 g/mol. The van der Waals surface area contributed by atoms with Crippen LogP contribution in [0.3, 0.4) is 0 Å². The van der Waals surface area contributed by atoms with Crippen molar-refractivity contribution >= 4 is 5.97 Å². The summed E-state index contributed by atoms with van der Waals surface area (Å²) >= 11 is 0. The third-order valence-electron chi connectivity index (χ3n) is 4.15. The molecule has 3 heteroatoms. The van der Waals surface area contributed by atoms with Crippen LogP contribution < -0.4 is 0 Å². The van der Waals surface area contributed by atoms with Gasteiger partial charge in [-0.15, -0.1) is 0 Å². The van der Waals surface area contributed by atoms with E-state index in [4.69, 9.17) is 9.47 Å². The summed E-state index contributed by atoms with van der Waals surface area (Å²) in [5.41, 5.74) is 1.70. The van der Waals surface area contributed by atoms with Gasteiger partial charge >= 0.3 is 5.97 Å². The summed E-state index contributed by atoms with van der Waals surface area (Å²) in [5.74, 6) is 0.571. The largest absolute Gasteiger partial charge is 0.460 e. The first kappa shape index (κ1) is 20.7. The van der Waals surface area contributed by atoms with Gasteiger partial charge in [-0.2, -0.15) is 0 Å². The SMILES string of the molecule is CCc1ccccc1C(=O)OCCOCCCCCCCC(C)C. The average molecular weight is 335 g/mol. The molecule has 0 aromatic heterocycles. The highest BCUT2D eigenvalue weighted by molar-refractivity contribution is 5.91. The van der Waals surface area contributed by atoms with Crippen molar-refractivity contribution in [1.29, 1.82) is 0 Å². The molecule has 1 rings (SSSR count). The minimum absolute atomic E-state index is 0.249. The van der Waals surface area contributed by atoms with Crippen LogP contribution in [-0.2, 0) is 15.9 Å². The van der Waals surface area contributed by atoms with Crippen LogP contribution in [0.25, 0.3) is 0 Å². The molecule has 0 aliphatic heterocycles. The van der Waals surface area contributed by atoms with E-state index in [-0.39, 0.29) is 5.97 Å². The van der Waals surface area contributed by atoms with Crippen molar-refractivity contribution in [3.8, 4) is 0 Å². The Hall–Kier alpha value is -1.35. The van der Waals surface area contributed by atoms with Gasteiger partial charge in [0.05, 0.1) is 12.2 Å². The molecule has 0 aliphatic rings. The molecule has 0 unspecified atom stereocenters. The van der Waals surface area contributed by atoms with Crippen molar-refractivity contribution in [2.45, 2.75) is 65.7 Å². The summed E-state index contributed by atoms with van der Waals surface area (Å²) in [6.07, 6.45) is 8.44. The standard InChI is InChI=1S/C21H34O3/c1-4-19-13-9-10-14-20(19)21(22)24-17-16-23-15-11-7-5-6-8-12-18(2)3/h9-10,13-14,18H,4-8,11-12,15-17H2,1-3H3. The number of hydrogen-bond donors (Lipinski definition) is 0. The number of benzene rings is 1. The normalized spacial score (nSPS) is 11.0. The van der Waals surface area contributed by atoms with Crippen LogP contribution in [0.5, 0.6) is 0 Å². The van der Waals surface area contributed by atoms with E-state index in [0.29, 0.717) is 18.8 Å². The lowest BCUT2D eigenvalue weighted by atomic mass is 10.0. The molecule has 0 fully saturated rings. The predicted octanol–water partition coefficient (Wildman–Crippen LogP) is 5.42. The van der Waals surface area contributed by atoms with Gasteiger partial charge in [-0.3, -0.25) is 0 Å². The molecule has 24 heavy (non-hydrogen) atoms. The van der Waals surface area contributed by atoms with Gasteiger partial charge in [0.25, 0.3) is 0 Å². The quantitative estimate of drug-likeness (QED) is 0.357. The van der Waals surface area contributed by atoms with Gasteiger partial charge in [0.1, 0.15) is 6.61 Å². The Balaban J connectivity index is 1.99. The van der Waals surface area contributed by atoms with Crippen LogP contribution >= 0.6 is 0 Å². The molecule has 0 radical (unpaired) electrons. The maximum absolute atomic E-state index is 12.0. The van der Waals surface area contributed by atoms with E-state index in [1.807, 2.05) is 31.2 Å². The first-order chi connectivity index (χ1) is 11.6. The molecule has 0 amide bonds. The number of rotatable bonds is 13. The Bertz CT molecular complexity index is 454. The van der Waals surface area contributed by atoms with Crippen LogP contribution in [0.15, 0.2) is 24.3 Å². The number of aryl methyl sites for hydroxylation is 1. The molecule has 136 valence electrons. The van der Waals surface area contributed by atoms with Gasteiger partial charge in [0.2, 0.25) is 0 Å². The fourth-order valence-electron chi connectivity index (χ4n) is 2.69. The molecular formula is C21H34O3. The van der Waals surface area contributed by atoms with Gasteiger partial charge in [0.15, 0.2) is 0 Å². The number of carbonyl (C=O) groups excluding carboxylic acids is 1. The first-order valence-corrected chi connectivity index (χ1v) is 9.48. The molecule has 0 atom stereocenters. The lowest BCUT2D eigenvalue weighted by Crippen LogP contribution is -2.12. The van der Waals surface area contributed by atoms with Crippen LogP contribution in [0.2, 0.25) is 0 Å². The van der Waals surface area contributed by atoms with E-state index >= 15 is 0 Å². The van der Waals surface area contributed by atoms with Crippen LogP contribution in [0.1, 0.15) is 75.2 Å². The average Bonchev–Trinajstić information content (AvgIpc) is 2.59. The molecule has 3 nitrogen and oxygen atoms in total. The van der Waals surface area contributed by atoms with Gasteiger partial charge in [-0.25, -0.2) is 4.79 Å². The number of hydrogen-bond acceptors (Lipinski definition) is 3. The van der Waals surface area contributed by atoms with Crippen molar-refractivity contribution in [1.82, 2.24) is 0 Å². The molecule has 1 aromatic carbocycles. The molecular weight excluding hydrogens is 300 g/mol. The maximum Gasteiger partial charge on any atom is 0.338 e. The van der Waals surface area contributed by atoms with Gasteiger partial charge in [0, 0.05) is 6.61 Å². The second-order valence-corrected chi connectivity index (χ2v) is 6.71. The van der Waals surface area contributed by atoms with Gasteiger partial charge in [-0.05, 0) is 30.4 Å². The summed E-state index contributed by atoms with van der Waals surface area (Å²) in [6, 6.07) is 7.60. The van der Waals surface area contributed by atoms with Crippen molar-refractivity contribution in [3.63, 3.8) is 0 Å². The Kier molecular flexibility index (Phi) is 11.2. The highest BCUT2D eigenvalue weighted by atomic mass is 16.6. The van der Waals surface area contributed by atoms with Crippen molar-refractivity contribution < 1.29 is 14.3 Å². The summed E-state index contributed by atoms with van der Waals surface area (Å²) in [7, 11) is 0. The number of esters is 1. The zero-order chi connectivity index (χ0) is 17.6. The molecule has 0 saturated heterocycles. The number of unbranched alkanes of at least 4 members (excludes halogenated alkanes) is 4. The van der Waals surface area contributed by atoms with Crippen LogP contribution in [-0.4, -0.2) is 25.8 Å². The molecule has 1 aromatic rings. The molecule has 0 spiro atoms. The number of ether oxygens (including phenoxy) is 2. The smallest absolute Gasteiger partial charge is 0.338 e. The predicted molar refractivity (Wildman–Crippen MR) is 99.5 cm³/mol. The van der Waals surface area contributed by atoms with Crippen molar-refractivity contribution in [3.05, 3.63) is 35.4 Å². The Morgan fingerprint density at radius 3 is 2.42 bits per heavy atom. The molecule has 0 N–H and O–H groups in total. The fraction of sp³-hybridized carbons (Fsp3) is 0.667. The molecule has 0 heterocycles. The van der Waals surface area contributed by atoms with Crippen LogP contribution in [0.4, 0.5) is 0 Å². The summed E-state index contributed by atoms with van der Waals surface area (Å²) in [6.45, 7) is 8.16. The Morgan fingerprint density at radius 2 is 1.67 bits per heavy atom. The lowest BCUT2D eigenvalue weighted by Gasteiger charge is -2.09. The van der Waals surface area contributed by atoms with E-state index in [0.717, 1.165) is 30.9 Å². The Morgan fingerprint density at radius 1 is 0.958 bits per heavy atom. The zero-order valence-corrected chi connectivity index (χ0v) is 15.7. The highest BCUT2D eigenvalue weighted by Gasteiger charge is 2.10. The van der Waals surface area contributed by atoms with Crippen LogP contribution in [0, 0.1) is 5.92 Å². The summed E-state index contributed by atoms with van der Waals surface area (Å²) in [5, 5.41) is 0. The molecule has 0 aliphatic carbocycles. The minimum Gasteiger partial charge on any atom is -0.460 e. The number of carbonyl (C=O) groups is 1. The van der Waals surface area contributed by atoms with E-state index in [9.17, 15) is 4.79 Å². The second-order valence-electron chi connectivity index (χ2n) is 6.71. The maximum atomic E-state index is 12.0. The van der Waals surface area contributed by atoms with Crippen molar-refractivity contribution in [2.75, 3.05) is 19.8 Å². The van der Waals surface area contributed by atoms with E-state index in [1.165, 1.54) is 32.1 Å².